The van der Waals surface area contributed by atoms with Gasteiger partial charge in [-0.2, -0.15) is 0 Å². The molecule has 1 atom stereocenters. The van der Waals surface area contributed by atoms with E-state index < -0.39 is 26.5 Å². The van der Waals surface area contributed by atoms with Crippen LogP contribution in [-0.2, 0) is 20.5 Å². The second-order valence-electron chi connectivity index (χ2n) is 2.31. The molecule has 72 valence electrons. The van der Waals surface area contributed by atoms with Crippen LogP contribution >= 0.6 is 9.69 Å². The Kier molecular flexibility index (Phi) is 3.63. The van der Waals surface area contributed by atoms with Crippen LogP contribution in [0.2, 0.25) is 0 Å². The molecule has 13 heavy (non-hydrogen) atoms. The Hall–Kier alpha value is -0.667. The fourth-order valence-corrected chi connectivity index (χ4v) is 2.12. The van der Waals surface area contributed by atoms with E-state index in [1.165, 1.54) is 18.2 Å². The molecule has 0 saturated heterocycles. The SMILES string of the molecule is O=C1C=CC([N+](=O)[O-])=CC1[CH]=[Ru-][Cl]. The van der Waals surface area contributed by atoms with Gasteiger partial charge in [-0.25, -0.2) is 0 Å². The topological polar surface area (TPSA) is 60.2 Å². The maximum absolute atomic E-state index is 11.1. The summed E-state index contributed by atoms with van der Waals surface area (Å²) in [6.07, 6.45) is 3.74. The van der Waals surface area contributed by atoms with Crippen LogP contribution in [0.15, 0.2) is 23.9 Å². The Morgan fingerprint density at radius 1 is 1.62 bits per heavy atom. The molecular formula is C7H5ClNO3Ru-. The number of ketones is 1. The zero-order valence-electron chi connectivity index (χ0n) is 6.29. The van der Waals surface area contributed by atoms with Gasteiger partial charge in [0.2, 0.25) is 0 Å². The van der Waals surface area contributed by atoms with E-state index in [0.717, 1.165) is 0 Å². The molecule has 0 aromatic heterocycles. The molecule has 1 unspecified atom stereocenters. The molecule has 0 aromatic carbocycles. The third kappa shape index (κ3) is 2.64. The van der Waals surface area contributed by atoms with Crippen LogP contribution in [0.4, 0.5) is 0 Å². The summed E-state index contributed by atoms with van der Waals surface area (Å²) < 4.78 is 1.61. The van der Waals surface area contributed by atoms with Crippen molar-refractivity contribution in [3.8, 4) is 0 Å². The Morgan fingerprint density at radius 2 is 2.31 bits per heavy atom. The van der Waals surface area contributed by atoms with Crippen LogP contribution in [0.3, 0.4) is 0 Å². The normalized spacial score (nSPS) is 23.3. The second-order valence-corrected chi connectivity index (χ2v) is 4.18. The van der Waals surface area contributed by atoms with E-state index in [2.05, 4.69) is 0 Å². The van der Waals surface area contributed by atoms with E-state index in [-0.39, 0.29) is 11.5 Å². The fraction of sp³-hybridized carbons (Fsp3) is 0.143. The van der Waals surface area contributed by atoms with Crippen LogP contribution < -0.4 is 0 Å². The summed E-state index contributed by atoms with van der Waals surface area (Å²) in [5.41, 5.74) is -0.0495. The summed E-state index contributed by atoms with van der Waals surface area (Å²) in [4.78, 5) is 20.9. The van der Waals surface area contributed by atoms with Crippen molar-refractivity contribution >= 4 is 20.1 Å². The molecule has 4 nitrogen and oxygen atoms in total. The van der Waals surface area contributed by atoms with Crippen molar-refractivity contribution in [3.63, 3.8) is 0 Å². The third-order valence-electron chi connectivity index (χ3n) is 1.48. The number of hydrogen-bond acceptors (Lipinski definition) is 3. The molecule has 0 aromatic rings. The van der Waals surface area contributed by atoms with Gasteiger partial charge < -0.3 is 0 Å². The van der Waals surface area contributed by atoms with Crippen LogP contribution in [0.25, 0.3) is 0 Å². The molecule has 0 bridgehead atoms. The molecule has 0 fully saturated rings. The van der Waals surface area contributed by atoms with Gasteiger partial charge in [-0.15, -0.1) is 0 Å². The van der Waals surface area contributed by atoms with E-state index in [1.54, 1.807) is 4.61 Å². The minimum absolute atomic E-state index is 0.0495. The molecule has 0 N–H and O–H groups in total. The summed E-state index contributed by atoms with van der Waals surface area (Å²) >= 11 is -0.503. The van der Waals surface area contributed by atoms with Gasteiger partial charge in [0.15, 0.2) is 0 Å². The van der Waals surface area contributed by atoms with Crippen molar-refractivity contribution in [3.05, 3.63) is 34.0 Å². The molecule has 0 saturated carbocycles. The van der Waals surface area contributed by atoms with E-state index in [4.69, 9.17) is 9.69 Å². The summed E-state index contributed by atoms with van der Waals surface area (Å²) in [6, 6.07) is 0. The number of allylic oxidation sites excluding steroid dienone is 3. The first-order valence-electron chi connectivity index (χ1n) is 3.29. The number of hydrogen-bond donors (Lipinski definition) is 0. The first-order chi connectivity index (χ1) is 6.15. The zero-order valence-corrected chi connectivity index (χ0v) is 8.78. The van der Waals surface area contributed by atoms with Gasteiger partial charge in [-0.3, -0.25) is 0 Å². The molecule has 6 heteroatoms. The average Bonchev–Trinajstić information content (AvgIpc) is 2.08. The number of carbonyl (C=O) groups is 1. The van der Waals surface area contributed by atoms with Crippen LogP contribution in [0.1, 0.15) is 0 Å². The Bertz CT molecular complexity index is 335. The Labute approximate surface area is 85.6 Å². The maximum atomic E-state index is 11.1. The Morgan fingerprint density at radius 3 is 2.85 bits per heavy atom. The summed E-state index contributed by atoms with van der Waals surface area (Å²) in [7, 11) is 5.49. The van der Waals surface area contributed by atoms with Gasteiger partial charge in [0, 0.05) is 0 Å². The molecule has 0 heterocycles. The molecule has 0 aliphatic heterocycles. The molecular weight excluding hydrogens is 283 g/mol. The number of carbonyl (C=O) groups excluding carboxylic acids is 1. The van der Waals surface area contributed by atoms with Gasteiger partial charge in [-0.1, -0.05) is 0 Å². The van der Waals surface area contributed by atoms with Crippen LogP contribution in [-0.4, -0.2) is 15.3 Å². The van der Waals surface area contributed by atoms with Gasteiger partial charge in [0.1, 0.15) is 0 Å². The van der Waals surface area contributed by atoms with Gasteiger partial charge in [-0.05, 0) is 0 Å². The van der Waals surface area contributed by atoms with E-state index in [9.17, 15) is 14.9 Å². The number of rotatable bonds is 2. The number of nitrogens with zero attached hydrogens (tertiary/aromatic N) is 1. The van der Waals surface area contributed by atoms with Crippen molar-refractivity contribution in [1.29, 1.82) is 0 Å². The number of halogens is 1. The van der Waals surface area contributed by atoms with Gasteiger partial charge in [0.25, 0.3) is 0 Å². The van der Waals surface area contributed by atoms with E-state index in [0.29, 0.717) is 0 Å². The summed E-state index contributed by atoms with van der Waals surface area (Å²) in [5, 5.41) is 10.3. The number of nitro groups is 1. The molecule has 0 amide bonds. The fourth-order valence-electron chi connectivity index (χ4n) is 0.862. The summed E-state index contributed by atoms with van der Waals surface area (Å²) in [5.74, 6) is -0.665. The minimum atomic E-state index is -0.520. The standard InChI is InChI=1S/C7H5NO3.ClH.Ru/c1-5-4-6(8(10)11)2-3-7(5)9;;/h1-5H;1H;/p-1. The van der Waals surface area contributed by atoms with Crippen molar-refractivity contribution < 1.29 is 25.4 Å². The quantitative estimate of drug-likeness (QED) is 0.431. The van der Waals surface area contributed by atoms with Crippen molar-refractivity contribution in [1.82, 2.24) is 0 Å². The predicted molar refractivity (Wildman–Crippen MR) is 44.6 cm³/mol. The first kappa shape index (κ1) is 10.4. The average molecular weight is 288 g/mol. The van der Waals surface area contributed by atoms with Crippen molar-refractivity contribution in [2.24, 2.45) is 5.92 Å². The van der Waals surface area contributed by atoms with E-state index >= 15 is 0 Å². The van der Waals surface area contributed by atoms with Crippen LogP contribution in [0.5, 0.6) is 0 Å². The van der Waals surface area contributed by atoms with Gasteiger partial charge >= 0.3 is 85.4 Å². The van der Waals surface area contributed by atoms with Gasteiger partial charge in [0.05, 0.1) is 0 Å². The second kappa shape index (κ2) is 4.54. The third-order valence-corrected chi connectivity index (χ3v) is 2.85. The molecule has 1 aliphatic carbocycles. The zero-order chi connectivity index (χ0) is 9.84. The monoisotopic (exact) mass is 288 g/mol. The predicted octanol–water partition coefficient (Wildman–Crippen LogP) is 0.941. The van der Waals surface area contributed by atoms with Crippen LogP contribution in [0, 0.1) is 16.0 Å². The molecule has 1 rings (SSSR count). The first-order valence-corrected chi connectivity index (χ1v) is 6.53. The Balaban J connectivity index is 2.93. The summed E-state index contributed by atoms with van der Waals surface area (Å²) in [6.45, 7) is 0. The molecule has 0 radical (unpaired) electrons. The molecule has 1 aliphatic rings. The molecule has 0 spiro atoms. The van der Waals surface area contributed by atoms with Crippen molar-refractivity contribution in [2.75, 3.05) is 0 Å². The van der Waals surface area contributed by atoms with Crippen molar-refractivity contribution in [2.45, 2.75) is 0 Å². The van der Waals surface area contributed by atoms with E-state index in [1.807, 2.05) is 0 Å².